The number of halogens is 2. The van der Waals surface area contributed by atoms with E-state index in [1.54, 1.807) is 13.8 Å². The summed E-state index contributed by atoms with van der Waals surface area (Å²) in [5, 5.41) is 0. The number of rotatable bonds is 10. The van der Waals surface area contributed by atoms with Gasteiger partial charge in [0, 0.05) is 0 Å². The van der Waals surface area contributed by atoms with Gasteiger partial charge >= 0.3 is 11.9 Å². The average Bonchev–Trinajstić information content (AvgIpc) is 2.88. The number of hydrogen-bond acceptors (Lipinski definition) is 4. The van der Waals surface area contributed by atoms with E-state index in [-0.39, 0.29) is 25.0 Å². The normalized spacial score (nSPS) is 26.9. The number of hydrogen-bond donors (Lipinski definition) is 0. The molecule has 1 aromatic rings. The van der Waals surface area contributed by atoms with E-state index in [2.05, 4.69) is 24.3 Å². The third-order valence-corrected chi connectivity index (χ3v) is 7.55. The molecule has 0 bridgehead atoms. The Labute approximate surface area is 202 Å². The second kappa shape index (κ2) is 13.2. The lowest BCUT2D eigenvalue weighted by atomic mass is 9.81. The maximum Gasteiger partial charge on any atom is 0.340 e. The molecule has 0 N–H and O–H groups in total. The van der Waals surface area contributed by atoms with Crippen LogP contribution in [0, 0.1) is 5.92 Å². The maximum atomic E-state index is 13.4. The largest absolute Gasteiger partial charge is 0.460 e. The zero-order valence-electron chi connectivity index (χ0n) is 20.6. The topological polar surface area (TPSA) is 52.6 Å². The van der Waals surface area contributed by atoms with E-state index in [1.165, 1.54) is 11.1 Å². The van der Waals surface area contributed by atoms with E-state index in [4.69, 9.17) is 9.47 Å². The van der Waals surface area contributed by atoms with Crippen LogP contribution in [0.4, 0.5) is 8.78 Å². The number of esters is 2. The Balaban J connectivity index is 1.36. The van der Waals surface area contributed by atoms with Crippen molar-refractivity contribution >= 4 is 11.9 Å². The van der Waals surface area contributed by atoms with E-state index in [9.17, 15) is 18.4 Å². The molecule has 0 spiro atoms. The molecule has 6 heteroatoms. The molecule has 2 atom stereocenters. The molecule has 3 rings (SSSR count). The monoisotopic (exact) mass is 478 g/mol. The minimum absolute atomic E-state index is 0.128. The summed E-state index contributed by atoms with van der Waals surface area (Å²) in [4.78, 5) is 23.3. The van der Waals surface area contributed by atoms with Crippen LogP contribution >= 0.6 is 0 Å². The second-order valence-corrected chi connectivity index (χ2v) is 10.0. The van der Waals surface area contributed by atoms with Gasteiger partial charge in [0.05, 0.1) is 0 Å². The van der Waals surface area contributed by atoms with Gasteiger partial charge in [-0.3, -0.25) is 0 Å². The fourth-order valence-corrected chi connectivity index (χ4v) is 5.19. The van der Waals surface area contributed by atoms with Crippen LogP contribution in [0.2, 0.25) is 0 Å². The van der Waals surface area contributed by atoms with Crippen molar-refractivity contribution < 1.29 is 27.8 Å². The van der Waals surface area contributed by atoms with E-state index in [0.29, 0.717) is 11.8 Å². The summed E-state index contributed by atoms with van der Waals surface area (Å²) >= 11 is 0. The fourth-order valence-electron chi connectivity index (χ4n) is 5.19. The number of carbonyl (C=O) groups is 2. The predicted octanol–water partition coefficient (Wildman–Crippen LogP) is 6.79. The SMILES string of the molecule is CC[C@H](F)C(=O)O[C@H]1CC[C@H](CCc2ccc([C@H]3CC[C@H](OC(=O)[C@@H](F)CC)CC3)cc2)CC1. The Morgan fingerprint density at radius 3 is 1.74 bits per heavy atom. The zero-order chi connectivity index (χ0) is 24.5. The number of benzene rings is 1. The third-order valence-electron chi connectivity index (χ3n) is 7.55. The highest BCUT2D eigenvalue weighted by molar-refractivity contribution is 5.75. The molecule has 0 saturated heterocycles. The molecule has 34 heavy (non-hydrogen) atoms. The van der Waals surface area contributed by atoms with Crippen molar-refractivity contribution in [2.75, 3.05) is 0 Å². The number of ether oxygens (including phenoxy) is 2. The summed E-state index contributed by atoms with van der Waals surface area (Å²) in [6.07, 6.45) is 6.38. The molecular formula is C28H40F2O4. The van der Waals surface area contributed by atoms with Crippen LogP contribution in [0.3, 0.4) is 0 Å². The smallest absolute Gasteiger partial charge is 0.340 e. The Hall–Kier alpha value is -1.98. The Bertz CT molecular complexity index is 765. The van der Waals surface area contributed by atoms with Crippen LogP contribution < -0.4 is 0 Å². The van der Waals surface area contributed by atoms with Crippen LogP contribution in [0.15, 0.2) is 24.3 Å². The summed E-state index contributed by atoms with van der Waals surface area (Å²) in [5.74, 6) is -0.331. The van der Waals surface area contributed by atoms with Gasteiger partial charge in [-0.1, -0.05) is 38.1 Å². The van der Waals surface area contributed by atoms with Crippen LogP contribution in [0.25, 0.3) is 0 Å². The summed E-state index contributed by atoms with van der Waals surface area (Å²) < 4.78 is 37.5. The van der Waals surface area contributed by atoms with Gasteiger partial charge in [0.15, 0.2) is 12.3 Å². The summed E-state index contributed by atoms with van der Waals surface area (Å²) in [5.41, 5.74) is 2.66. The van der Waals surface area contributed by atoms with Crippen molar-refractivity contribution in [2.45, 2.75) is 121 Å². The molecule has 2 fully saturated rings. The Morgan fingerprint density at radius 1 is 0.794 bits per heavy atom. The molecule has 2 aliphatic rings. The second-order valence-electron chi connectivity index (χ2n) is 10.0. The highest BCUT2D eigenvalue weighted by Gasteiger charge is 2.28. The molecule has 190 valence electrons. The van der Waals surface area contributed by atoms with Gasteiger partial charge in [-0.2, -0.15) is 0 Å². The van der Waals surface area contributed by atoms with E-state index in [0.717, 1.165) is 64.2 Å². The van der Waals surface area contributed by atoms with Crippen LogP contribution in [-0.4, -0.2) is 36.5 Å². The number of carbonyl (C=O) groups excluding carboxylic acids is 2. The lowest BCUT2D eigenvalue weighted by molar-refractivity contribution is -0.157. The van der Waals surface area contributed by atoms with Gasteiger partial charge < -0.3 is 9.47 Å². The molecule has 0 aromatic heterocycles. The highest BCUT2D eigenvalue weighted by Crippen LogP contribution is 2.35. The van der Waals surface area contributed by atoms with Crippen molar-refractivity contribution in [3.63, 3.8) is 0 Å². The van der Waals surface area contributed by atoms with Crippen molar-refractivity contribution in [1.82, 2.24) is 0 Å². The van der Waals surface area contributed by atoms with Crippen molar-refractivity contribution in [3.8, 4) is 0 Å². The average molecular weight is 479 g/mol. The fraction of sp³-hybridized carbons (Fsp3) is 0.714. The van der Waals surface area contributed by atoms with Gasteiger partial charge in [0.1, 0.15) is 12.2 Å². The standard InChI is InChI=1S/C28H40F2O4/c1-3-25(29)27(31)33-23-15-9-20(10-16-23)6-5-19-7-11-21(12-8-19)22-13-17-24(18-14-22)34-28(32)26(30)4-2/h7-8,11-12,20,22-26H,3-6,9-10,13-18H2,1-2H3/t20-,22-,23-,24-,25-,26-/m0/s1. The van der Waals surface area contributed by atoms with Gasteiger partial charge in [-0.05, 0) is 100 Å². The van der Waals surface area contributed by atoms with E-state index in [1.807, 2.05) is 0 Å². The van der Waals surface area contributed by atoms with Crippen LogP contribution in [-0.2, 0) is 25.5 Å². The van der Waals surface area contributed by atoms with Gasteiger partial charge in [0.25, 0.3) is 0 Å². The first-order valence-corrected chi connectivity index (χ1v) is 13.2. The van der Waals surface area contributed by atoms with Gasteiger partial charge in [0.2, 0.25) is 0 Å². The lowest BCUT2D eigenvalue weighted by Crippen LogP contribution is -2.28. The van der Waals surface area contributed by atoms with Crippen molar-refractivity contribution in [1.29, 1.82) is 0 Å². The summed E-state index contributed by atoms with van der Waals surface area (Å²) in [6.45, 7) is 3.30. The van der Waals surface area contributed by atoms with E-state index >= 15 is 0 Å². The van der Waals surface area contributed by atoms with Crippen LogP contribution in [0.5, 0.6) is 0 Å². The molecule has 2 aliphatic carbocycles. The minimum atomic E-state index is -1.51. The first-order valence-electron chi connectivity index (χ1n) is 13.2. The molecule has 4 nitrogen and oxygen atoms in total. The number of alkyl halides is 2. The van der Waals surface area contributed by atoms with E-state index < -0.39 is 24.3 Å². The predicted molar refractivity (Wildman–Crippen MR) is 128 cm³/mol. The van der Waals surface area contributed by atoms with Crippen molar-refractivity contribution in [3.05, 3.63) is 35.4 Å². The summed E-state index contributed by atoms with van der Waals surface area (Å²) in [7, 11) is 0. The van der Waals surface area contributed by atoms with Crippen LogP contribution in [0.1, 0.15) is 102 Å². The quantitative estimate of drug-likeness (QED) is 0.348. The summed E-state index contributed by atoms with van der Waals surface area (Å²) in [6, 6.07) is 8.88. The van der Waals surface area contributed by atoms with Crippen molar-refractivity contribution in [2.24, 2.45) is 5.92 Å². The maximum absolute atomic E-state index is 13.4. The van der Waals surface area contributed by atoms with Gasteiger partial charge in [-0.15, -0.1) is 0 Å². The highest BCUT2D eigenvalue weighted by atomic mass is 19.1. The molecule has 0 aliphatic heterocycles. The number of aryl methyl sites for hydroxylation is 1. The molecule has 0 amide bonds. The van der Waals surface area contributed by atoms with Gasteiger partial charge in [-0.25, -0.2) is 18.4 Å². The molecular weight excluding hydrogens is 438 g/mol. The molecule has 1 aromatic carbocycles. The molecule has 0 unspecified atom stereocenters. The molecule has 2 saturated carbocycles. The first-order chi connectivity index (χ1) is 16.4. The Morgan fingerprint density at radius 2 is 1.26 bits per heavy atom. The zero-order valence-corrected chi connectivity index (χ0v) is 20.6. The Kier molecular flexibility index (Phi) is 10.3. The lowest BCUT2D eigenvalue weighted by Gasteiger charge is -2.29. The molecule has 0 heterocycles. The molecule has 0 radical (unpaired) electrons. The first kappa shape index (κ1) is 26.6. The third kappa shape index (κ3) is 7.78. The minimum Gasteiger partial charge on any atom is -0.460 e.